The maximum Gasteiger partial charge on any atom is 0.306 e. The summed E-state index contributed by atoms with van der Waals surface area (Å²) in [5.74, 6) is -1.62. The highest BCUT2D eigenvalue weighted by molar-refractivity contribution is 9.10. The second-order valence-electron chi connectivity index (χ2n) is 4.82. The average Bonchev–Trinajstić information content (AvgIpc) is 2.54. The third kappa shape index (κ3) is 5.83. The topological polar surface area (TPSA) is 55.4 Å². The molecular weight excluding hydrogens is 365 g/mol. The van der Waals surface area contributed by atoms with Crippen LogP contribution in [-0.4, -0.2) is 18.5 Å². The molecule has 0 radical (unpaired) electrons. The van der Waals surface area contributed by atoms with Crippen molar-refractivity contribution in [2.75, 3.05) is 11.9 Å². The summed E-state index contributed by atoms with van der Waals surface area (Å²) in [6.45, 7) is -0.441. The Kier molecular flexibility index (Phi) is 6.29. The summed E-state index contributed by atoms with van der Waals surface area (Å²) in [7, 11) is 0. The van der Waals surface area contributed by atoms with E-state index >= 15 is 0 Å². The normalized spacial score (nSPS) is 10.2. The first-order valence-corrected chi connectivity index (χ1v) is 7.78. The second kappa shape index (κ2) is 8.43. The molecule has 0 aliphatic heterocycles. The monoisotopic (exact) mass is 379 g/mol. The van der Waals surface area contributed by atoms with Crippen molar-refractivity contribution in [3.8, 4) is 0 Å². The molecule has 0 heterocycles. The van der Waals surface area contributed by atoms with Gasteiger partial charge in [0.05, 0.1) is 5.69 Å². The lowest BCUT2D eigenvalue weighted by Gasteiger charge is -2.08. The van der Waals surface area contributed by atoms with Crippen LogP contribution in [0.2, 0.25) is 0 Å². The zero-order chi connectivity index (χ0) is 16.7. The SMILES string of the molecule is O=C(COC(=O)CCc1ccccc1)Nc1ccc(Br)cc1F. The molecule has 1 amide bonds. The minimum absolute atomic E-state index is 0.0403. The molecule has 0 fully saturated rings. The molecule has 0 saturated carbocycles. The van der Waals surface area contributed by atoms with Crippen molar-refractivity contribution in [3.63, 3.8) is 0 Å². The second-order valence-corrected chi connectivity index (χ2v) is 5.73. The number of halogens is 2. The predicted molar refractivity (Wildman–Crippen MR) is 88.5 cm³/mol. The number of ether oxygens (including phenoxy) is 1. The summed E-state index contributed by atoms with van der Waals surface area (Å²) in [5, 5.41) is 2.35. The molecule has 0 aliphatic rings. The van der Waals surface area contributed by atoms with E-state index in [1.165, 1.54) is 12.1 Å². The summed E-state index contributed by atoms with van der Waals surface area (Å²) in [6.07, 6.45) is 0.729. The Morgan fingerprint density at radius 3 is 2.57 bits per heavy atom. The van der Waals surface area contributed by atoms with Crippen molar-refractivity contribution >= 4 is 33.5 Å². The van der Waals surface area contributed by atoms with Crippen molar-refractivity contribution in [2.24, 2.45) is 0 Å². The van der Waals surface area contributed by atoms with Crippen molar-refractivity contribution in [2.45, 2.75) is 12.8 Å². The third-order valence-corrected chi connectivity index (χ3v) is 3.52. The number of carbonyl (C=O) groups excluding carboxylic acids is 2. The minimum Gasteiger partial charge on any atom is -0.456 e. The molecule has 4 nitrogen and oxygen atoms in total. The van der Waals surface area contributed by atoms with Gasteiger partial charge in [0.1, 0.15) is 5.82 Å². The highest BCUT2D eigenvalue weighted by Crippen LogP contribution is 2.19. The summed E-state index contributed by atoms with van der Waals surface area (Å²) in [4.78, 5) is 23.3. The van der Waals surface area contributed by atoms with Crippen LogP contribution in [-0.2, 0) is 20.7 Å². The number of rotatable bonds is 6. The number of hydrogen-bond donors (Lipinski definition) is 1. The van der Waals surface area contributed by atoms with Gasteiger partial charge in [0.15, 0.2) is 6.61 Å². The van der Waals surface area contributed by atoms with E-state index in [-0.39, 0.29) is 12.1 Å². The molecule has 23 heavy (non-hydrogen) atoms. The minimum atomic E-state index is -0.584. The fourth-order valence-corrected chi connectivity index (χ4v) is 2.22. The van der Waals surface area contributed by atoms with Gasteiger partial charge in [-0.3, -0.25) is 9.59 Å². The van der Waals surface area contributed by atoms with E-state index in [0.29, 0.717) is 10.9 Å². The van der Waals surface area contributed by atoms with Gasteiger partial charge in [-0.1, -0.05) is 46.3 Å². The van der Waals surface area contributed by atoms with E-state index in [2.05, 4.69) is 21.2 Å². The Hall–Kier alpha value is -2.21. The van der Waals surface area contributed by atoms with Crippen LogP contribution >= 0.6 is 15.9 Å². The highest BCUT2D eigenvalue weighted by atomic mass is 79.9. The molecule has 0 atom stereocenters. The average molecular weight is 380 g/mol. The van der Waals surface area contributed by atoms with E-state index in [1.54, 1.807) is 6.07 Å². The largest absolute Gasteiger partial charge is 0.456 e. The van der Waals surface area contributed by atoms with Crippen LogP contribution in [0.3, 0.4) is 0 Å². The fourth-order valence-electron chi connectivity index (χ4n) is 1.89. The molecule has 2 rings (SSSR count). The molecule has 2 aromatic rings. The lowest BCUT2D eigenvalue weighted by atomic mass is 10.1. The number of anilines is 1. The van der Waals surface area contributed by atoms with Gasteiger partial charge in [-0.05, 0) is 30.2 Å². The van der Waals surface area contributed by atoms with Crippen LogP contribution in [0, 0.1) is 5.82 Å². The highest BCUT2D eigenvalue weighted by Gasteiger charge is 2.10. The first-order valence-electron chi connectivity index (χ1n) is 6.99. The number of nitrogens with one attached hydrogen (secondary N) is 1. The molecule has 120 valence electrons. The van der Waals surface area contributed by atoms with Gasteiger partial charge in [-0.25, -0.2) is 4.39 Å². The van der Waals surface area contributed by atoms with Crippen LogP contribution < -0.4 is 5.32 Å². The number of benzene rings is 2. The first kappa shape index (κ1) is 17.1. The molecule has 0 saturated heterocycles. The van der Waals surface area contributed by atoms with Crippen molar-refractivity contribution in [1.82, 2.24) is 0 Å². The molecular formula is C17H15BrFNO3. The van der Waals surface area contributed by atoms with E-state index in [1.807, 2.05) is 30.3 Å². The van der Waals surface area contributed by atoms with Gasteiger partial charge in [-0.15, -0.1) is 0 Å². The van der Waals surface area contributed by atoms with E-state index in [4.69, 9.17) is 4.74 Å². The first-order chi connectivity index (χ1) is 11.0. The van der Waals surface area contributed by atoms with Crippen LogP contribution in [0.25, 0.3) is 0 Å². The van der Waals surface area contributed by atoms with E-state index in [9.17, 15) is 14.0 Å². The Labute approximate surface area is 141 Å². The molecule has 2 aromatic carbocycles. The van der Waals surface area contributed by atoms with E-state index < -0.39 is 24.3 Å². The quantitative estimate of drug-likeness (QED) is 0.778. The van der Waals surface area contributed by atoms with Gasteiger partial charge in [0.25, 0.3) is 5.91 Å². The molecule has 0 bridgehead atoms. The zero-order valence-corrected chi connectivity index (χ0v) is 13.8. The van der Waals surface area contributed by atoms with Crippen LogP contribution in [0.4, 0.5) is 10.1 Å². The number of aryl methyl sites for hydroxylation is 1. The van der Waals surface area contributed by atoms with Gasteiger partial charge < -0.3 is 10.1 Å². The van der Waals surface area contributed by atoms with Crippen molar-refractivity contribution in [1.29, 1.82) is 0 Å². The van der Waals surface area contributed by atoms with Crippen LogP contribution in [0.15, 0.2) is 53.0 Å². The molecule has 0 unspecified atom stereocenters. The summed E-state index contributed by atoms with van der Waals surface area (Å²) in [5.41, 5.74) is 1.06. The zero-order valence-electron chi connectivity index (χ0n) is 12.2. The standard InChI is InChI=1S/C17H15BrFNO3/c18-13-7-8-15(14(19)10-13)20-16(21)11-23-17(22)9-6-12-4-2-1-3-5-12/h1-5,7-8,10H,6,9,11H2,(H,20,21). The number of hydrogen-bond acceptors (Lipinski definition) is 3. The maximum atomic E-state index is 13.6. The van der Waals surface area contributed by atoms with Gasteiger partial charge in [-0.2, -0.15) is 0 Å². The lowest BCUT2D eigenvalue weighted by Crippen LogP contribution is -2.21. The molecule has 0 aliphatic carbocycles. The predicted octanol–water partition coefficient (Wildman–Crippen LogP) is 3.70. The lowest BCUT2D eigenvalue weighted by molar-refractivity contribution is -0.147. The van der Waals surface area contributed by atoms with Gasteiger partial charge in [0, 0.05) is 10.9 Å². The molecule has 0 spiro atoms. The smallest absolute Gasteiger partial charge is 0.306 e. The number of esters is 1. The van der Waals surface area contributed by atoms with Crippen molar-refractivity contribution in [3.05, 3.63) is 64.4 Å². The Morgan fingerprint density at radius 1 is 1.13 bits per heavy atom. The Balaban J connectivity index is 1.74. The maximum absolute atomic E-state index is 13.6. The third-order valence-electron chi connectivity index (χ3n) is 3.03. The van der Waals surface area contributed by atoms with Crippen molar-refractivity contribution < 1.29 is 18.7 Å². The molecule has 1 N–H and O–H groups in total. The molecule has 6 heteroatoms. The van der Waals surface area contributed by atoms with Gasteiger partial charge in [0.2, 0.25) is 0 Å². The van der Waals surface area contributed by atoms with Crippen LogP contribution in [0.5, 0.6) is 0 Å². The van der Waals surface area contributed by atoms with Crippen LogP contribution in [0.1, 0.15) is 12.0 Å². The van der Waals surface area contributed by atoms with Gasteiger partial charge >= 0.3 is 5.97 Å². The number of carbonyl (C=O) groups is 2. The number of amides is 1. The fraction of sp³-hybridized carbons (Fsp3) is 0.176. The Morgan fingerprint density at radius 2 is 1.87 bits per heavy atom. The summed E-state index contributed by atoms with van der Waals surface area (Å²) >= 11 is 3.13. The summed E-state index contributed by atoms with van der Waals surface area (Å²) < 4.78 is 19.0. The molecule has 0 aromatic heterocycles. The summed E-state index contributed by atoms with van der Waals surface area (Å²) in [6, 6.07) is 13.8. The Bertz CT molecular complexity index is 691. The van der Waals surface area contributed by atoms with E-state index in [0.717, 1.165) is 5.56 Å².